The maximum absolute atomic E-state index is 6.22. The summed E-state index contributed by atoms with van der Waals surface area (Å²) in [7, 11) is 1.77. The number of ether oxygens (including phenoxy) is 1. The first kappa shape index (κ1) is 20.7. The zero-order valence-corrected chi connectivity index (χ0v) is 17.1. The molecule has 0 aliphatic carbocycles. The van der Waals surface area contributed by atoms with E-state index in [1.807, 2.05) is 18.2 Å². The molecule has 0 spiro atoms. The molecule has 1 atom stereocenters. The molecule has 0 saturated carbocycles. The van der Waals surface area contributed by atoms with Gasteiger partial charge in [0.25, 0.3) is 0 Å². The van der Waals surface area contributed by atoms with E-state index in [1.165, 1.54) is 5.56 Å². The Hall–Kier alpha value is -2.56. The quantitative estimate of drug-likeness (QED) is 0.545. The molecule has 0 bridgehead atoms. The van der Waals surface area contributed by atoms with Crippen LogP contribution in [-0.4, -0.2) is 24.1 Å². The Morgan fingerprint density at radius 2 is 1.89 bits per heavy atom. The Labute approximate surface area is 163 Å². The minimum atomic E-state index is 0.187. The number of guanidine groups is 1. The lowest BCUT2D eigenvalue weighted by atomic mass is 10.1. The Morgan fingerprint density at radius 3 is 2.56 bits per heavy atom. The van der Waals surface area contributed by atoms with E-state index in [-0.39, 0.29) is 6.10 Å². The monoisotopic (exact) mass is 368 g/mol. The molecule has 2 aromatic rings. The Balaban J connectivity index is 1.96. The molecule has 146 valence electrons. The fourth-order valence-corrected chi connectivity index (χ4v) is 2.92. The summed E-state index contributed by atoms with van der Waals surface area (Å²) in [6.45, 7) is 9.93. The highest BCUT2D eigenvalue weighted by molar-refractivity contribution is 5.79. The molecule has 27 heavy (non-hydrogen) atoms. The molecule has 1 unspecified atom stereocenters. The van der Waals surface area contributed by atoms with Crippen LogP contribution in [0.25, 0.3) is 0 Å². The number of pyridine rings is 1. The fourth-order valence-electron chi connectivity index (χ4n) is 2.92. The van der Waals surface area contributed by atoms with Crippen LogP contribution in [0, 0.1) is 12.8 Å². The van der Waals surface area contributed by atoms with E-state index in [1.54, 1.807) is 13.2 Å². The number of aryl methyl sites for hydroxylation is 1. The first-order chi connectivity index (χ1) is 13.0. The van der Waals surface area contributed by atoms with Gasteiger partial charge in [0.1, 0.15) is 5.75 Å². The third-order valence-corrected chi connectivity index (χ3v) is 4.19. The van der Waals surface area contributed by atoms with Gasteiger partial charge < -0.3 is 15.4 Å². The Bertz CT molecular complexity index is 728. The predicted octanol–water partition coefficient (Wildman–Crippen LogP) is 4.07. The van der Waals surface area contributed by atoms with Crippen molar-refractivity contribution in [2.75, 3.05) is 7.05 Å². The van der Waals surface area contributed by atoms with Crippen molar-refractivity contribution in [1.29, 1.82) is 0 Å². The molecule has 0 aliphatic heterocycles. The van der Waals surface area contributed by atoms with Crippen molar-refractivity contribution in [3.8, 4) is 5.75 Å². The number of hydrogen-bond donors (Lipinski definition) is 2. The van der Waals surface area contributed by atoms with Crippen LogP contribution in [0.3, 0.4) is 0 Å². The van der Waals surface area contributed by atoms with Crippen molar-refractivity contribution < 1.29 is 4.74 Å². The van der Waals surface area contributed by atoms with Crippen molar-refractivity contribution in [1.82, 2.24) is 15.6 Å². The van der Waals surface area contributed by atoms with Crippen LogP contribution in [0.1, 0.15) is 44.0 Å². The van der Waals surface area contributed by atoms with Gasteiger partial charge in [-0.2, -0.15) is 0 Å². The van der Waals surface area contributed by atoms with E-state index in [9.17, 15) is 0 Å². The number of benzene rings is 1. The van der Waals surface area contributed by atoms with Gasteiger partial charge in [-0.3, -0.25) is 9.98 Å². The van der Waals surface area contributed by atoms with Gasteiger partial charge in [0, 0.05) is 25.4 Å². The summed E-state index contributed by atoms with van der Waals surface area (Å²) in [6, 6.07) is 12.2. The maximum atomic E-state index is 6.22. The van der Waals surface area contributed by atoms with Crippen LogP contribution in [0.15, 0.2) is 47.6 Å². The van der Waals surface area contributed by atoms with Gasteiger partial charge >= 0.3 is 0 Å². The zero-order chi connectivity index (χ0) is 19.6. The summed E-state index contributed by atoms with van der Waals surface area (Å²) in [5, 5.41) is 6.65. The standard InChI is InChI=1S/C22H32N4O/c1-16(2)12-18(4)27-21-13-17(3)9-10-19(21)14-25-22(23-5)26-15-20-8-6-7-11-24-20/h6-11,13,16,18H,12,14-15H2,1-5H3,(H2,23,25,26). The summed E-state index contributed by atoms with van der Waals surface area (Å²) in [4.78, 5) is 8.61. The topological polar surface area (TPSA) is 58.5 Å². The van der Waals surface area contributed by atoms with Gasteiger partial charge in [0.05, 0.1) is 18.3 Å². The molecule has 0 amide bonds. The average Bonchev–Trinajstić information content (AvgIpc) is 2.63. The molecule has 5 heteroatoms. The van der Waals surface area contributed by atoms with Crippen molar-refractivity contribution in [3.05, 3.63) is 59.4 Å². The van der Waals surface area contributed by atoms with Gasteiger partial charge in [0.2, 0.25) is 0 Å². The first-order valence-electron chi connectivity index (χ1n) is 9.58. The molecule has 2 rings (SSSR count). The summed E-state index contributed by atoms with van der Waals surface area (Å²) >= 11 is 0. The van der Waals surface area contributed by atoms with Gasteiger partial charge in [-0.1, -0.05) is 32.0 Å². The molecule has 1 heterocycles. The molecule has 0 fully saturated rings. The van der Waals surface area contributed by atoms with Gasteiger partial charge in [-0.25, -0.2) is 0 Å². The van der Waals surface area contributed by atoms with Crippen LogP contribution >= 0.6 is 0 Å². The van der Waals surface area contributed by atoms with Crippen LogP contribution in [-0.2, 0) is 13.1 Å². The van der Waals surface area contributed by atoms with Gasteiger partial charge in [0.15, 0.2) is 5.96 Å². The van der Waals surface area contributed by atoms with Crippen molar-refractivity contribution in [3.63, 3.8) is 0 Å². The SMILES string of the molecule is CN=C(NCc1ccccn1)NCc1ccc(C)cc1OC(C)CC(C)C. The summed E-state index contributed by atoms with van der Waals surface area (Å²) < 4.78 is 6.22. The van der Waals surface area contributed by atoms with E-state index in [0.717, 1.165) is 29.4 Å². The summed E-state index contributed by atoms with van der Waals surface area (Å²) in [6.07, 6.45) is 3.02. The Kier molecular flexibility index (Phi) is 8.11. The number of rotatable bonds is 8. The predicted molar refractivity (Wildman–Crippen MR) is 112 cm³/mol. The average molecular weight is 369 g/mol. The molecular formula is C22H32N4O. The largest absolute Gasteiger partial charge is 0.490 e. The van der Waals surface area contributed by atoms with Crippen LogP contribution in [0.2, 0.25) is 0 Å². The minimum Gasteiger partial charge on any atom is -0.490 e. The fraction of sp³-hybridized carbons (Fsp3) is 0.455. The number of hydrogen-bond acceptors (Lipinski definition) is 3. The van der Waals surface area contributed by atoms with Crippen molar-refractivity contribution in [2.45, 2.75) is 53.3 Å². The molecule has 0 aliphatic rings. The normalized spacial score (nSPS) is 12.7. The van der Waals surface area contributed by atoms with Crippen molar-refractivity contribution >= 4 is 5.96 Å². The van der Waals surface area contributed by atoms with E-state index in [0.29, 0.717) is 19.0 Å². The Morgan fingerprint density at radius 1 is 1.11 bits per heavy atom. The number of aliphatic imine (C=N–C) groups is 1. The van der Waals surface area contributed by atoms with E-state index in [2.05, 4.69) is 66.5 Å². The molecule has 1 aromatic heterocycles. The van der Waals surface area contributed by atoms with Crippen LogP contribution in [0.4, 0.5) is 0 Å². The third kappa shape index (κ3) is 7.29. The number of nitrogens with zero attached hydrogens (tertiary/aromatic N) is 2. The number of aromatic nitrogens is 1. The maximum Gasteiger partial charge on any atom is 0.191 e. The minimum absolute atomic E-state index is 0.187. The highest BCUT2D eigenvalue weighted by Crippen LogP contribution is 2.23. The lowest BCUT2D eigenvalue weighted by Crippen LogP contribution is -2.36. The molecule has 0 saturated heterocycles. The first-order valence-corrected chi connectivity index (χ1v) is 9.58. The van der Waals surface area contributed by atoms with E-state index in [4.69, 9.17) is 4.74 Å². The lowest BCUT2D eigenvalue weighted by Gasteiger charge is -2.20. The number of nitrogens with one attached hydrogen (secondary N) is 2. The smallest absolute Gasteiger partial charge is 0.191 e. The molecule has 5 nitrogen and oxygen atoms in total. The van der Waals surface area contributed by atoms with Gasteiger partial charge in [-0.05, 0) is 49.9 Å². The van der Waals surface area contributed by atoms with Crippen LogP contribution < -0.4 is 15.4 Å². The lowest BCUT2D eigenvalue weighted by molar-refractivity contribution is 0.191. The van der Waals surface area contributed by atoms with Crippen molar-refractivity contribution in [2.24, 2.45) is 10.9 Å². The molecule has 1 aromatic carbocycles. The summed E-state index contributed by atoms with van der Waals surface area (Å²) in [5.41, 5.74) is 3.29. The molecule has 0 radical (unpaired) electrons. The second-order valence-corrected chi connectivity index (χ2v) is 7.27. The second kappa shape index (κ2) is 10.6. The van der Waals surface area contributed by atoms with E-state index < -0.39 is 0 Å². The third-order valence-electron chi connectivity index (χ3n) is 4.19. The second-order valence-electron chi connectivity index (χ2n) is 7.27. The highest BCUT2D eigenvalue weighted by Gasteiger charge is 2.11. The van der Waals surface area contributed by atoms with E-state index >= 15 is 0 Å². The highest BCUT2D eigenvalue weighted by atomic mass is 16.5. The van der Waals surface area contributed by atoms with Crippen LogP contribution in [0.5, 0.6) is 5.75 Å². The van der Waals surface area contributed by atoms with Gasteiger partial charge in [-0.15, -0.1) is 0 Å². The summed E-state index contributed by atoms with van der Waals surface area (Å²) in [5.74, 6) is 2.29. The molecular weight excluding hydrogens is 336 g/mol. The zero-order valence-electron chi connectivity index (χ0n) is 17.1. The molecule has 2 N–H and O–H groups in total.